The maximum Gasteiger partial charge on any atom is 0.237 e. The zero-order chi connectivity index (χ0) is 15.3. The molecule has 1 aliphatic carbocycles. The van der Waals surface area contributed by atoms with Crippen LogP contribution in [-0.4, -0.2) is 17.4 Å². The Balaban J connectivity index is 1.80. The molecule has 22 heavy (non-hydrogen) atoms. The molecule has 0 saturated carbocycles. The van der Waals surface area contributed by atoms with Crippen molar-refractivity contribution in [3.8, 4) is 0 Å². The Morgan fingerprint density at radius 1 is 1.27 bits per heavy atom. The predicted octanol–water partition coefficient (Wildman–Crippen LogP) is 1.15. The van der Waals surface area contributed by atoms with E-state index in [0.29, 0.717) is 25.2 Å². The van der Waals surface area contributed by atoms with E-state index >= 15 is 0 Å². The van der Waals surface area contributed by atoms with Crippen molar-refractivity contribution in [2.45, 2.75) is 24.7 Å². The van der Waals surface area contributed by atoms with Crippen LogP contribution in [0.5, 0.6) is 0 Å². The van der Waals surface area contributed by atoms with E-state index < -0.39 is 5.41 Å². The highest BCUT2D eigenvalue weighted by molar-refractivity contribution is 6.06. The number of fused-ring (bicyclic) bond motifs is 3. The molecule has 1 spiro atoms. The van der Waals surface area contributed by atoms with Crippen molar-refractivity contribution in [2.75, 3.05) is 17.6 Å². The fourth-order valence-corrected chi connectivity index (χ4v) is 3.76. The average molecular weight is 294 g/mol. The molecular formula is C17H18N4O. The molecule has 0 radical (unpaired) electrons. The standard InChI is InChI=1S/C17H18N4O/c18-4-3-10-6-11-8-17(9-12(11)7-14(10)19)13-2-1-5-20-15(13)21-16(17)22/h1-2,5-7H,3-4,8-9,18-19H2,(H,20,21,22)/t17-/m0/s1. The SMILES string of the molecule is NCCc1cc2c(cc1N)C[C@]1(C2)C(=O)Nc2ncccc21. The van der Waals surface area contributed by atoms with Crippen molar-refractivity contribution < 1.29 is 4.79 Å². The maximum atomic E-state index is 12.6. The molecule has 2 heterocycles. The number of hydrogen-bond acceptors (Lipinski definition) is 4. The normalized spacial score (nSPS) is 21.8. The van der Waals surface area contributed by atoms with Crippen LogP contribution in [0.15, 0.2) is 30.5 Å². The Labute approximate surface area is 128 Å². The second kappa shape index (κ2) is 4.55. The van der Waals surface area contributed by atoms with Crippen molar-refractivity contribution in [1.82, 2.24) is 4.98 Å². The maximum absolute atomic E-state index is 12.6. The van der Waals surface area contributed by atoms with Crippen molar-refractivity contribution in [3.63, 3.8) is 0 Å². The van der Waals surface area contributed by atoms with Gasteiger partial charge in [0.25, 0.3) is 0 Å². The van der Waals surface area contributed by atoms with E-state index in [0.717, 1.165) is 28.8 Å². The van der Waals surface area contributed by atoms with Crippen molar-refractivity contribution in [2.24, 2.45) is 5.73 Å². The van der Waals surface area contributed by atoms with E-state index in [1.54, 1.807) is 6.20 Å². The molecule has 1 aliphatic heterocycles. The molecule has 0 fully saturated rings. The van der Waals surface area contributed by atoms with Gasteiger partial charge >= 0.3 is 0 Å². The van der Waals surface area contributed by atoms with Crippen LogP contribution in [0.4, 0.5) is 11.5 Å². The largest absolute Gasteiger partial charge is 0.398 e. The molecule has 4 rings (SSSR count). The van der Waals surface area contributed by atoms with Crippen LogP contribution in [0.3, 0.4) is 0 Å². The van der Waals surface area contributed by atoms with E-state index in [9.17, 15) is 4.79 Å². The van der Waals surface area contributed by atoms with Gasteiger partial charge in [-0.3, -0.25) is 4.79 Å². The fourth-order valence-electron chi connectivity index (χ4n) is 3.76. The van der Waals surface area contributed by atoms with Crippen LogP contribution in [0, 0.1) is 0 Å². The molecule has 112 valence electrons. The van der Waals surface area contributed by atoms with Gasteiger partial charge in [0.2, 0.25) is 5.91 Å². The number of pyridine rings is 1. The molecular weight excluding hydrogens is 276 g/mol. The zero-order valence-electron chi connectivity index (χ0n) is 12.2. The summed E-state index contributed by atoms with van der Waals surface area (Å²) < 4.78 is 0. The van der Waals surface area contributed by atoms with Gasteiger partial charge in [-0.25, -0.2) is 4.98 Å². The number of amides is 1. The number of benzene rings is 1. The summed E-state index contributed by atoms with van der Waals surface area (Å²) in [5.74, 6) is 0.729. The van der Waals surface area contributed by atoms with Gasteiger partial charge in [-0.1, -0.05) is 12.1 Å². The minimum absolute atomic E-state index is 0.0383. The number of aromatic nitrogens is 1. The van der Waals surface area contributed by atoms with Crippen LogP contribution in [0.1, 0.15) is 22.3 Å². The van der Waals surface area contributed by atoms with Crippen molar-refractivity contribution >= 4 is 17.4 Å². The molecule has 2 aliphatic rings. The molecule has 2 aromatic rings. The molecule has 1 atom stereocenters. The number of rotatable bonds is 2. The van der Waals surface area contributed by atoms with E-state index in [1.807, 2.05) is 18.2 Å². The monoisotopic (exact) mass is 294 g/mol. The molecule has 1 amide bonds. The topological polar surface area (TPSA) is 94.0 Å². The highest BCUT2D eigenvalue weighted by Crippen LogP contribution is 2.47. The summed E-state index contributed by atoms with van der Waals surface area (Å²) in [6.45, 7) is 0.571. The average Bonchev–Trinajstić information content (AvgIpc) is 2.99. The van der Waals surface area contributed by atoms with Gasteiger partial charge in [0.05, 0.1) is 5.41 Å². The molecule has 1 aromatic carbocycles. The lowest BCUT2D eigenvalue weighted by molar-refractivity contribution is -0.120. The first-order chi connectivity index (χ1) is 10.6. The van der Waals surface area contributed by atoms with E-state index in [2.05, 4.69) is 16.4 Å². The summed E-state index contributed by atoms with van der Waals surface area (Å²) in [6.07, 6.45) is 3.85. The number of hydrogen-bond donors (Lipinski definition) is 3. The van der Waals surface area contributed by atoms with Crippen LogP contribution in [-0.2, 0) is 29.5 Å². The van der Waals surface area contributed by atoms with Crippen LogP contribution in [0.2, 0.25) is 0 Å². The highest BCUT2D eigenvalue weighted by atomic mass is 16.2. The number of nitrogens with zero attached hydrogens (tertiary/aromatic N) is 1. The van der Waals surface area contributed by atoms with Gasteiger partial charge in [-0.15, -0.1) is 0 Å². The van der Waals surface area contributed by atoms with Crippen molar-refractivity contribution in [1.29, 1.82) is 0 Å². The van der Waals surface area contributed by atoms with Gasteiger partial charge in [0.15, 0.2) is 0 Å². The molecule has 1 aromatic heterocycles. The molecule has 5 heteroatoms. The lowest BCUT2D eigenvalue weighted by Crippen LogP contribution is -2.35. The smallest absolute Gasteiger partial charge is 0.237 e. The van der Waals surface area contributed by atoms with E-state index in [4.69, 9.17) is 11.5 Å². The first-order valence-corrected chi connectivity index (χ1v) is 7.51. The third-order valence-electron chi connectivity index (χ3n) is 4.85. The summed E-state index contributed by atoms with van der Waals surface area (Å²) in [7, 11) is 0. The highest BCUT2D eigenvalue weighted by Gasteiger charge is 2.51. The van der Waals surface area contributed by atoms with Crippen molar-refractivity contribution in [3.05, 3.63) is 52.7 Å². The Hall–Kier alpha value is -2.40. The zero-order valence-corrected chi connectivity index (χ0v) is 12.2. The quantitative estimate of drug-likeness (QED) is 0.724. The number of nitrogens with two attached hydrogens (primary N) is 2. The molecule has 0 unspecified atom stereocenters. The summed E-state index contributed by atoms with van der Waals surface area (Å²) in [4.78, 5) is 16.9. The van der Waals surface area contributed by atoms with E-state index in [-0.39, 0.29) is 5.91 Å². The van der Waals surface area contributed by atoms with Gasteiger partial charge in [0, 0.05) is 17.4 Å². The van der Waals surface area contributed by atoms with Crippen LogP contribution < -0.4 is 16.8 Å². The predicted molar refractivity (Wildman–Crippen MR) is 85.6 cm³/mol. The van der Waals surface area contributed by atoms with Gasteiger partial charge in [0.1, 0.15) is 5.82 Å². The number of carbonyl (C=O) groups excluding carboxylic acids is 1. The number of nitrogens with one attached hydrogen (secondary N) is 1. The summed E-state index contributed by atoms with van der Waals surface area (Å²) in [5, 5.41) is 2.92. The Morgan fingerprint density at radius 2 is 2.05 bits per heavy atom. The lowest BCUT2D eigenvalue weighted by Gasteiger charge is -2.20. The first kappa shape index (κ1) is 13.3. The van der Waals surface area contributed by atoms with Crippen LogP contribution in [0.25, 0.3) is 0 Å². The molecule has 0 bridgehead atoms. The first-order valence-electron chi connectivity index (χ1n) is 7.51. The fraction of sp³-hybridized carbons (Fsp3) is 0.294. The molecule has 5 N–H and O–H groups in total. The summed E-state index contributed by atoms with van der Waals surface area (Å²) in [6, 6.07) is 8.01. The number of anilines is 2. The second-order valence-electron chi connectivity index (χ2n) is 6.15. The second-order valence-corrected chi connectivity index (χ2v) is 6.15. The number of carbonyl (C=O) groups is 1. The third kappa shape index (κ3) is 1.69. The minimum Gasteiger partial charge on any atom is -0.398 e. The Bertz CT molecular complexity index is 786. The third-order valence-corrected chi connectivity index (χ3v) is 4.85. The minimum atomic E-state index is -0.528. The Kier molecular flexibility index (Phi) is 2.74. The van der Waals surface area contributed by atoms with Gasteiger partial charge < -0.3 is 16.8 Å². The summed E-state index contributed by atoms with van der Waals surface area (Å²) in [5.41, 5.74) is 16.4. The summed E-state index contributed by atoms with van der Waals surface area (Å²) >= 11 is 0. The van der Waals surface area contributed by atoms with E-state index in [1.165, 1.54) is 5.56 Å². The lowest BCUT2D eigenvalue weighted by atomic mass is 9.79. The number of nitrogen functional groups attached to an aromatic ring is 1. The Morgan fingerprint density at radius 3 is 2.82 bits per heavy atom. The van der Waals surface area contributed by atoms with Crippen LogP contribution >= 0.6 is 0 Å². The molecule has 5 nitrogen and oxygen atoms in total. The van der Waals surface area contributed by atoms with Gasteiger partial charge in [-0.05, 0) is 54.6 Å². The molecule has 0 saturated heterocycles. The van der Waals surface area contributed by atoms with Gasteiger partial charge in [-0.2, -0.15) is 0 Å².